The van der Waals surface area contributed by atoms with Crippen LogP contribution in [0.25, 0.3) is 0 Å². The zero-order chi connectivity index (χ0) is 15.7. The first-order valence-electron chi connectivity index (χ1n) is 6.12. The number of rotatable bonds is 5. The molecule has 6 nitrogen and oxygen atoms in total. The van der Waals surface area contributed by atoms with Crippen LogP contribution in [0.15, 0.2) is 23.1 Å². The molecule has 0 saturated carbocycles. The number of halogens is 2. The smallest absolute Gasteiger partial charge is 0.243 e. The fourth-order valence-electron chi connectivity index (χ4n) is 2.02. The predicted molar refractivity (Wildman–Crippen MR) is 85.8 cm³/mol. The van der Waals surface area contributed by atoms with Crippen LogP contribution in [0.4, 0.5) is 5.69 Å². The highest BCUT2D eigenvalue weighted by atomic mass is 79.9. The van der Waals surface area contributed by atoms with Gasteiger partial charge < -0.3 is 0 Å². The number of alkyl halides is 1. The Morgan fingerprint density at radius 3 is 2.38 bits per heavy atom. The summed E-state index contributed by atoms with van der Waals surface area (Å²) < 4.78 is 51.3. The first kappa shape index (κ1) is 17.0. The lowest BCUT2D eigenvalue weighted by Gasteiger charge is -2.16. The number of hydrogen-bond acceptors (Lipinski definition) is 4. The first-order chi connectivity index (χ1) is 9.76. The number of anilines is 1. The molecular formula is C11H14BrClN2O4S2. The minimum Gasteiger partial charge on any atom is -0.281 e. The standard InChI is InChI=1S/C11H14BrClN2O4S2/c12-8-20(16,17)14-11-7-9(3-4-10(11)13)21(18,19)15-5-1-2-6-15/h3-4,7,14H,1-2,5-6,8H2. The van der Waals surface area contributed by atoms with Crippen molar-refractivity contribution < 1.29 is 16.8 Å². The van der Waals surface area contributed by atoms with Gasteiger partial charge in [-0.15, -0.1) is 0 Å². The molecule has 1 aliphatic rings. The van der Waals surface area contributed by atoms with Crippen molar-refractivity contribution in [2.45, 2.75) is 17.7 Å². The molecule has 1 fully saturated rings. The number of benzene rings is 1. The summed E-state index contributed by atoms with van der Waals surface area (Å²) in [5, 5.41) is 0.139. The highest BCUT2D eigenvalue weighted by Crippen LogP contribution is 2.29. The molecule has 21 heavy (non-hydrogen) atoms. The van der Waals surface area contributed by atoms with Crippen molar-refractivity contribution in [3.63, 3.8) is 0 Å². The SMILES string of the molecule is O=S(=O)(CBr)Nc1cc(S(=O)(=O)N2CCCC2)ccc1Cl. The Bertz CT molecular complexity index is 731. The summed E-state index contributed by atoms with van der Waals surface area (Å²) in [6, 6.07) is 3.99. The van der Waals surface area contributed by atoms with Gasteiger partial charge in [-0.25, -0.2) is 16.8 Å². The van der Waals surface area contributed by atoms with E-state index in [9.17, 15) is 16.8 Å². The summed E-state index contributed by atoms with van der Waals surface area (Å²) in [4.78, 5) is 0.0288. The Labute approximate surface area is 137 Å². The fourth-order valence-corrected chi connectivity index (χ4v) is 4.68. The quantitative estimate of drug-likeness (QED) is 0.745. The Morgan fingerprint density at radius 2 is 1.81 bits per heavy atom. The Balaban J connectivity index is 2.39. The van der Waals surface area contributed by atoms with Crippen molar-refractivity contribution in [2.75, 3.05) is 22.5 Å². The van der Waals surface area contributed by atoms with Crippen LogP contribution in [0.2, 0.25) is 5.02 Å². The van der Waals surface area contributed by atoms with Gasteiger partial charge in [0.15, 0.2) is 0 Å². The van der Waals surface area contributed by atoms with E-state index in [4.69, 9.17) is 11.6 Å². The highest BCUT2D eigenvalue weighted by molar-refractivity contribution is 9.10. The van der Waals surface area contributed by atoms with E-state index in [1.165, 1.54) is 22.5 Å². The van der Waals surface area contributed by atoms with E-state index < -0.39 is 20.0 Å². The lowest BCUT2D eigenvalue weighted by Crippen LogP contribution is -2.28. The highest BCUT2D eigenvalue weighted by Gasteiger charge is 2.28. The lowest BCUT2D eigenvalue weighted by atomic mass is 10.3. The van der Waals surface area contributed by atoms with Crippen molar-refractivity contribution in [2.24, 2.45) is 0 Å². The van der Waals surface area contributed by atoms with E-state index in [0.29, 0.717) is 13.1 Å². The third kappa shape index (κ3) is 3.89. The number of hydrogen-bond donors (Lipinski definition) is 1. The van der Waals surface area contributed by atoms with Crippen LogP contribution in [0, 0.1) is 0 Å². The van der Waals surface area contributed by atoms with Crippen molar-refractivity contribution >= 4 is 53.3 Å². The number of nitrogens with zero attached hydrogens (tertiary/aromatic N) is 1. The Kier molecular flexibility index (Phi) is 5.19. The molecule has 1 aromatic rings. The molecule has 10 heteroatoms. The molecule has 1 aromatic carbocycles. The maximum Gasteiger partial charge on any atom is 0.243 e. The van der Waals surface area contributed by atoms with Crippen LogP contribution in [0.5, 0.6) is 0 Å². The zero-order valence-electron chi connectivity index (χ0n) is 10.9. The van der Waals surface area contributed by atoms with Gasteiger partial charge in [0.25, 0.3) is 0 Å². The molecule has 1 N–H and O–H groups in total. The molecule has 0 amide bonds. The fraction of sp³-hybridized carbons (Fsp3) is 0.455. The molecule has 0 atom stereocenters. The lowest BCUT2D eigenvalue weighted by molar-refractivity contribution is 0.477. The second-order valence-electron chi connectivity index (χ2n) is 4.58. The van der Waals surface area contributed by atoms with E-state index in [2.05, 4.69) is 20.7 Å². The monoisotopic (exact) mass is 416 g/mol. The van der Waals surface area contributed by atoms with Gasteiger partial charge >= 0.3 is 0 Å². The Hall–Kier alpha value is -0.350. The molecular weight excluding hydrogens is 404 g/mol. The molecule has 1 heterocycles. The molecule has 0 bridgehead atoms. The van der Waals surface area contributed by atoms with E-state index in [1.807, 2.05) is 0 Å². The van der Waals surface area contributed by atoms with Crippen molar-refractivity contribution in [1.82, 2.24) is 4.31 Å². The normalized spacial score (nSPS) is 17.0. The van der Waals surface area contributed by atoms with Gasteiger partial charge in [-0.05, 0) is 31.0 Å². The minimum absolute atomic E-state index is 0.0288. The molecule has 2 rings (SSSR count). The topological polar surface area (TPSA) is 83.5 Å². The van der Waals surface area contributed by atoms with E-state index in [-0.39, 0.29) is 20.3 Å². The average molecular weight is 418 g/mol. The van der Waals surface area contributed by atoms with E-state index in [1.54, 1.807) is 0 Å². The van der Waals surface area contributed by atoms with Gasteiger partial charge in [-0.1, -0.05) is 27.5 Å². The van der Waals surface area contributed by atoms with Crippen LogP contribution in [0.1, 0.15) is 12.8 Å². The zero-order valence-corrected chi connectivity index (χ0v) is 14.9. The summed E-state index contributed by atoms with van der Waals surface area (Å²) in [7, 11) is -7.21. The summed E-state index contributed by atoms with van der Waals surface area (Å²) in [5.41, 5.74) is 0.0522. The van der Waals surface area contributed by atoms with E-state index >= 15 is 0 Å². The molecule has 0 aromatic heterocycles. The predicted octanol–water partition coefficient (Wildman–Crippen LogP) is 2.22. The van der Waals surface area contributed by atoms with Crippen LogP contribution in [-0.4, -0.2) is 38.9 Å². The van der Waals surface area contributed by atoms with Gasteiger partial charge in [0.2, 0.25) is 20.0 Å². The largest absolute Gasteiger partial charge is 0.281 e. The average Bonchev–Trinajstić information content (AvgIpc) is 2.95. The van der Waals surface area contributed by atoms with Crippen molar-refractivity contribution in [3.05, 3.63) is 23.2 Å². The van der Waals surface area contributed by atoms with Crippen molar-refractivity contribution in [3.8, 4) is 0 Å². The molecule has 0 aliphatic carbocycles. The number of nitrogens with one attached hydrogen (secondary N) is 1. The first-order valence-corrected chi connectivity index (χ1v) is 10.7. The molecule has 1 aliphatic heterocycles. The third-order valence-electron chi connectivity index (χ3n) is 3.05. The number of sulfonamides is 2. The van der Waals surface area contributed by atoms with Crippen molar-refractivity contribution in [1.29, 1.82) is 0 Å². The summed E-state index contributed by atoms with van der Waals surface area (Å²) in [5.74, 6) is 0. The maximum absolute atomic E-state index is 12.4. The minimum atomic E-state index is -3.61. The van der Waals surface area contributed by atoms with Crippen LogP contribution >= 0.6 is 27.5 Å². The van der Waals surface area contributed by atoms with Gasteiger partial charge in [-0.3, -0.25) is 4.72 Å². The van der Waals surface area contributed by atoms with Crippen LogP contribution in [-0.2, 0) is 20.0 Å². The summed E-state index contributed by atoms with van der Waals surface area (Å²) in [6.07, 6.45) is 1.66. The second-order valence-corrected chi connectivity index (χ2v) is 9.95. The van der Waals surface area contributed by atoms with Gasteiger partial charge in [0, 0.05) is 13.1 Å². The van der Waals surface area contributed by atoms with Crippen LogP contribution < -0.4 is 4.72 Å². The summed E-state index contributed by atoms with van der Waals surface area (Å²) >= 11 is 8.76. The molecule has 0 radical (unpaired) electrons. The van der Waals surface area contributed by atoms with Crippen LogP contribution in [0.3, 0.4) is 0 Å². The summed E-state index contributed by atoms with van der Waals surface area (Å²) in [6.45, 7) is 0.959. The van der Waals surface area contributed by atoms with E-state index in [0.717, 1.165) is 12.8 Å². The molecule has 118 valence electrons. The maximum atomic E-state index is 12.4. The molecule has 1 saturated heterocycles. The Morgan fingerprint density at radius 1 is 1.19 bits per heavy atom. The van der Waals surface area contributed by atoms with Gasteiger partial charge in [-0.2, -0.15) is 4.31 Å². The second kappa shape index (κ2) is 6.41. The van der Waals surface area contributed by atoms with Gasteiger partial charge in [0.1, 0.15) is 4.66 Å². The third-order valence-corrected chi connectivity index (χ3v) is 7.90. The van der Waals surface area contributed by atoms with Gasteiger partial charge in [0.05, 0.1) is 15.6 Å². The molecule has 0 unspecified atom stereocenters. The molecule has 0 spiro atoms.